The van der Waals surface area contributed by atoms with E-state index in [0.717, 1.165) is 44.9 Å². The van der Waals surface area contributed by atoms with Crippen molar-refractivity contribution in [1.29, 1.82) is 0 Å². The van der Waals surface area contributed by atoms with Gasteiger partial charge in [-0.3, -0.25) is 4.79 Å². The highest BCUT2D eigenvalue weighted by molar-refractivity contribution is 5.86. The van der Waals surface area contributed by atoms with Gasteiger partial charge in [0.25, 0.3) is 0 Å². The van der Waals surface area contributed by atoms with Crippen LogP contribution in [0.2, 0.25) is 0 Å². The average molecular weight is 279 g/mol. The smallest absolute Gasteiger partial charge is 0.240 e. The number of ether oxygens (including phenoxy) is 1. The van der Waals surface area contributed by atoms with Crippen LogP contribution in [-0.2, 0) is 9.53 Å². The summed E-state index contributed by atoms with van der Waals surface area (Å²) in [5.74, 6) is 0.00755. The van der Waals surface area contributed by atoms with Crippen LogP contribution < -0.4 is 11.1 Å². The first-order valence-electron chi connectivity index (χ1n) is 6.71. The number of halogens is 1. The number of methoxy groups -OCH3 is 1. The minimum Gasteiger partial charge on any atom is -0.383 e. The summed E-state index contributed by atoms with van der Waals surface area (Å²) in [5.41, 5.74) is 5.50. The summed E-state index contributed by atoms with van der Waals surface area (Å²) < 4.78 is 5.14. The van der Waals surface area contributed by atoms with Gasteiger partial charge in [-0.1, -0.05) is 32.6 Å². The molecule has 4 nitrogen and oxygen atoms in total. The second-order valence-electron chi connectivity index (χ2n) is 5.13. The Morgan fingerprint density at radius 1 is 1.44 bits per heavy atom. The summed E-state index contributed by atoms with van der Waals surface area (Å²) >= 11 is 0. The maximum atomic E-state index is 12.1. The monoisotopic (exact) mass is 278 g/mol. The van der Waals surface area contributed by atoms with Crippen molar-refractivity contribution in [2.24, 2.45) is 5.73 Å². The second-order valence-corrected chi connectivity index (χ2v) is 5.13. The first-order valence-corrected chi connectivity index (χ1v) is 6.71. The lowest BCUT2D eigenvalue weighted by atomic mass is 9.97. The van der Waals surface area contributed by atoms with Crippen molar-refractivity contribution in [1.82, 2.24) is 5.32 Å². The largest absolute Gasteiger partial charge is 0.383 e. The van der Waals surface area contributed by atoms with Crippen molar-refractivity contribution < 1.29 is 9.53 Å². The quantitative estimate of drug-likeness (QED) is 0.749. The lowest BCUT2D eigenvalue weighted by Gasteiger charge is -2.26. The lowest BCUT2D eigenvalue weighted by Crippen LogP contribution is -2.55. The van der Waals surface area contributed by atoms with Crippen LogP contribution in [0.3, 0.4) is 0 Å². The minimum atomic E-state index is -0.627. The molecule has 3 N–H and O–H groups in total. The van der Waals surface area contributed by atoms with Gasteiger partial charge >= 0.3 is 0 Å². The fourth-order valence-corrected chi connectivity index (χ4v) is 2.41. The van der Waals surface area contributed by atoms with Crippen molar-refractivity contribution in [2.45, 2.75) is 63.5 Å². The Morgan fingerprint density at radius 3 is 2.56 bits per heavy atom. The van der Waals surface area contributed by atoms with Crippen molar-refractivity contribution in [3.8, 4) is 0 Å². The van der Waals surface area contributed by atoms with Gasteiger partial charge in [0.2, 0.25) is 5.91 Å². The number of nitrogens with two attached hydrogens (primary N) is 1. The van der Waals surface area contributed by atoms with E-state index in [-0.39, 0.29) is 24.4 Å². The molecule has 0 radical (unpaired) electrons. The molecule has 1 amide bonds. The van der Waals surface area contributed by atoms with Gasteiger partial charge in [0, 0.05) is 7.11 Å². The number of hydrogen-bond donors (Lipinski definition) is 2. The summed E-state index contributed by atoms with van der Waals surface area (Å²) in [6, 6.07) is 0.105. The Balaban J connectivity index is 0.00000289. The van der Waals surface area contributed by atoms with Crippen LogP contribution in [0.4, 0.5) is 0 Å². The van der Waals surface area contributed by atoms with Gasteiger partial charge in [0.1, 0.15) is 0 Å². The Kier molecular flexibility index (Phi) is 8.57. The molecule has 1 unspecified atom stereocenters. The van der Waals surface area contributed by atoms with Crippen LogP contribution in [0, 0.1) is 0 Å². The third kappa shape index (κ3) is 5.12. The Morgan fingerprint density at radius 2 is 2.06 bits per heavy atom. The Labute approximate surface area is 116 Å². The molecule has 0 spiro atoms. The predicted molar refractivity (Wildman–Crippen MR) is 76.0 cm³/mol. The molecule has 0 heterocycles. The fraction of sp³-hybridized carbons (Fsp3) is 0.923. The standard InChI is InChI=1S/C13H26N2O2.ClH/c1-3-4-7-11(10-17-2)15-12(16)13(14)8-5-6-9-13;/h11H,3-10,14H2,1-2H3,(H,15,16);1H. The Bertz CT molecular complexity index is 243. The molecule has 0 aromatic heterocycles. The first kappa shape index (κ1) is 17.7. The third-order valence-electron chi connectivity index (χ3n) is 3.56. The zero-order chi connectivity index (χ0) is 12.7. The van der Waals surface area contributed by atoms with Crippen LogP contribution in [-0.4, -0.2) is 31.2 Å². The summed E-state index contributed by atoms with van der Waals surface area (Å²) in [6.07, 6.45) is 6.95. The van der Waals surface area contributed by atoms with E-state index < -0.39 is 5.54 Å². The molecule has 0 saturated heterocycles. The van der Waals surface area contributed by atoms with Crippen LogP contribution >= 0.6 is 12.4 Å². The van der Waals surface area contributed by atoms with E-state index in [9.17, 15) is 4.79 Å². The van der Waals surface area contributed by atoms with Gasteiger partial charge in [-0.2, -0.15) is 0 Å². The molecule has 0 aromatic carbocycles. The van der Waals surface area contributed by atoms with Crippen molar-refractivity contribution >= 4 is 18.3 Å². The summed E-state index contributed by atoms with van der Waals surface area (Å²) in [5, 5.41) is 3.05. The lowest BCUT2D eigenvalue weighted by molar-refractivity contribution is -0.127. The highest BCUT2D eigenvalue weighted by atomic mass is 35.5. The summed E-state index contributed by atoms with van der Waals surface area (Å²) in [6.45, 7) is 2.72. The molecule has 0 aliphatic heterocycles. The number of unbranched alkanes of at least 4 members (excludes halogenated alkanes) is 1. The molecule has 18 heavy (non-hydrogen) atoms. The zero-order valence-corrected chi connectivity index (χ0v) is 12.4. The molecule has 1 atom stereocenters. The fourth-order valence-electron chi connectivity index (χ4n) is 2.41. The van der Waals surface area contributed by atoms with Gasteiger partial charge in [-0.05, 0) is 19.3 Å². The molecule has 0 aromatic rings. The zero-order valence-electron chi connectivity index (χ0n) is 11.5. The van der Waals surface area contributed by atoms with Gasteiger partial charge in [0.15, 0.2) is 0 Å². The summed E-state index contributed by atoms with van der Waals surface area (Å²) in [4.78, 5) is 12.1. The molecule has 1 rings (SSSR count). The van der Waals surface area contributed by atoms with E-state index in [0.29, 0.717) is 6.61 Å². The number of rotatable bonds is 7. The van der Waals surface area contributed by atoms with E-state index in [1.165, 1.54) is 0 Å². The highest BCUT2D eigenvalue weighted by Gasteiger charge is 2.37. The van der Waals surface area contributed by atoms with Crippen LogP contribution in [0.1, 0.15) is 51.9 Å². The number of carbonyl (C=O) groups is 1. The molecule has 1 fully saturated rings. The van der Waals surface area contributed by atoms with E-state index in [4.69, 9.17) is 10.5 Å². The van der Waals surface area contributed by atoms with Crippen LogP contribution in [0.25, 0.3) is 0 Å². The molecule has 5 heteroatoms. The van der Waals surface area contributed by atoms with E-state index in [2.05, 4.69) is 12.2 Å². The first-order chi connectivity index (χ1) is 8.12. The maximum absolute atomic E-state index is 12.1. The van der Waals surface area contributed by atoms with Gasteiger partial charge in [-0.15, -0.1) is 12.4 Å². The van der Waals surface area contributed by atoms with Crippen molar-refractivity contribution in [2.75, 3.05) is 13.7 Å². The normalized spacial score (nSPS) is 19.1. The molecule has 1 aliphatic carbocycles. The maximum Gasteiger partial charge on any atom is 0.240 e. The third-order valence-corrected chi connectivity index (χ3v) is 3.56. The number of amides is 1. The van der Waals surface area contributed by atoms with Gasteiger partial charge < -0.3 is 15.8 Å². The number of nitrogens with one attached hydrogen (secondary N) is 1. The van der Waals surface area contributed by atoms with Crippen LogP contribution in [0.15, 0.2) is 0 Å². The van der Waals surface area contributed by atoms with E-state index >= 15 is 0 Å². The SMILES string of the molecule is CCCCC(COC)NC(=O)C1(N)CCCC1.Cl. The molecule has 1 saturated carbocycles. The molecule has 108 valence electrons. The van der Waals surface area contributed by atoms with Gasteiger partial charge in [0.05, 0.1) is 18.2 Å². The average Bonchev–Trinajstić information content (AvgIpc) is 2.74. The highest BCUT2D eigenvalue weighted by Crippen LogP contribution is 2.27. The Hall–Kier alpha value is -0.320. The predicted octanol–water partition coefficient (Wildman–Crippen LogP) is 2.00. The minimum absolute atomic E-state index is 0. The van der Waals surface area contributed by atoms with Crippen molar-refractivity contribution in [3.63, 3.8) is 0 Å². The van der Waals surface area contributed by atoms with E-state index in [1.807, 2.05) is 0 Å². The number of hydrogen-bond acceptors (Lipinski definition) is 3. The molecular weight excluding hydrogens is 252 g/mol. The summed E-state index contributed by atoms with van der Waals surface area (Å²) in [7, 11) is 1.67. The number of carbonyl (C=O) groups excluding carboxylic acids is 1. The molecule has 1 aliphatic rings. The van der Waals surface area contributed by atoms with Crippen molar-refractivity contribution in [3.05, 3.63) is 0 Å². The van der Waals surface area contributed by atoms with Crippen LogP contribution in [0.5, 0.6) is 0 Å². The molecule has 0 bridgehead atoms. The van der Waals surface area contributed by atoms with Gasteiger partial charge in [-0.25, -0.2) is 0 Å². The van der Waals surface area contributed by atoms with E-state index in [1.54, 1.807) is 7.11 Å². The second kappa shape index (κ2) is 8.73. The molecular formula is C13H27ClN2O2. The topological polar surface area (TPSA) is 64.3 Å².